The maximum atomic E-state index is 13.4. The summed E-state index contributed by atoms with van der Waals surface area (Å²) in [5, 5.41) is 13.0. The SMILES string of the molecule is C=C(C#N)C(=O)CC[C@@H](NC(=O)[C@@H](CC(C)=O)Cc1nc2ccc(CC)cc2s1)C1CCCCC1. The number of nitrogens with zero attached hydrogens (tertiary/aromatic N) is 2. The molecule has 0 saturated heterocycles. The number of fused-ring (bicyclic) bond motifs is 1. The highest BCUT2D eigenvalue weighted by atomic mass is 32.1. The molecule has 0 aliphatic heterocycles. The van der Waals surface area contributed by atoms with Crippen LogP contribution in [0.2, 0.25) is 0 Å². The van der Waals surface area contributed by atoms with Crippen LogP contribution in [-0.2, 0) is 27.2 Å². The highest BCUT2D eigenvalue weighted by molar-refractivity contribution is 7.18. The number of nitriles is 1. The minimum Gasteiger partial charge on any atom is -0.353 e. The predicted molar refractivity (Wildman–Crippen MR) is 139 cm³/mol. The lowest BCUT2D eigenvalue weighted by Crippen LogP contribution is -2.45. The van der Waals surface area contributed by atoms with E-state index in [4.69, 9.17) is 10.2 Å². The molecule has 0 unspecified atom stereocenters. The average Bonchev–Trinajstić information content (AvgIpc) is 3.26. The molecule has 0 radical (unpaired) electrons. The predicted octanol–water partition coefficient (Wildman–Crippen LogP) is 5.49. The number of ketones is 2. The first-order valence-electron chi connectivity index (χ1n) is 12.6. The first kappa shape index (κ1) is 26.7. The molecule has 35 heavy (non-hydrogen) atoms. The first-order valence-corrected chi connectivity index (χ1v) is 13.4. The van der Waals surface area contributed by atoms with Gasteiger partial charge in [0.05, 0.1) is 26.7 Å². The zero-order chi connectivity index (χ0) is 25.4. The van der Waals surface area contributed by atoms with Crippen molar-refractivity contribution >= 4 is 39.0 Å². The van der Waals surface area contributed by atoms with Gasteiger partial charge in [0.1, 0.15) is 11.9 Å². The van der Waals surface area contributed by atoms with E-state index in [-0.39, 0.29) is 41.9 Å². The highest BCUT2D eigenvalue weighted by Gasteiger charge is 2.30. The molecule has 1 aliphatic rings. The second kappa shape index (κ2) is 12.7. The van der Waals surface area contributed by atoms with Gasteiger partial charge in [0.25, 0.3) is 0 Å². The van der Waals surface area contributed by atoms with Gasteiger partial charge >= 0.3 is 0 Å². The van der Waals surface area contributed by atoms with Crippen LogP contribution in [0.15, 0.2) is 30.4 Å². The van der Waals surface area contributed by atoms with Crippen LogP contribution in [0.25, 0.3) is 10.2 Å². The van der Waals surface area contributed by atoms with E-state index in [1.165, 1.54) is 18.9 Å². The van der Waals surface area contributed by atoms with E-state index < -0.39 is 5.92 Å². The Morgan fingerprint density at radius 3 is 2.66 bits per heavy atom. The van der Waals surface area contributed by atoms with E-state index in [1.807, 2.05) is 12.1 Å². The van der Waals surface area contributed by atoms with Gasteiger partial charge in [-0.25, -0.2) is 4.98 Å². The smallest absolute Gasteiger partial charge is 0.224 e. The Hall–Kier alpha value is -2.85. The Labute approximate surface area is 211 Å². The van der Waals surface area contributed by atoms with E-state index >= 15 is 0 Å². The number of carbonyl (C=O) groups is 3. The van der Waals surface area contributed by atoms with Crippen LogP contribution >= 0.6 is 11.3 Å². The van der Waals surface area contributed by atoms with Crippen LogP contribution in [0.1, 0.15) is 75.8 Å². The third-order valence-corrected chi connectivity index (χ3v) is 7.97. The van der Waals surface area contributed by atoms with Crippen LogP contribution in [0.3, 0.4) is 0 Å². The molecule has 3 rings (SSSR count). The summed E-state index contributed by atoms with van der Waals surface area (Å²) in [5.41, 5.74) is 2.12. The minimum absolute atomic E-state index is 0.0331. The molecule has 7 heteroatoms. The van der Waals surface area contributed by atoms with Gasteiger partial charge in [-0.2, -0.15) is 5.26 Å². The highest BCUT2D eigenvalue weighted by Crippen LogP contribution is 2.30. The number of aryl methyl sites for hydroxylation is 1. The van der Waals surface area contributed by atoms with Gasteiger partial charge in [0, 0.05) is 25.3 Å². The van der Waals surface area contributed by atoms with Crippen molar-refractivity contribution in [3.63, 3.8) is 0 Å². The minimum atomic E-state index is -0.505. The second-order valence-corrected chi connectivity index (χ2v) is 10.8. The fourth-order valence-corrected chi connectivity index (χ4v) is 6.01. The van der Waals surface area contributed by atoms with Crippen molar-refractivity contribution in [3.05, 3.63) is 40.9 Å². The molecular formula is C28H35N3O3S. The van der Waals surface area contributed by atoms with Crippen LogP contribution in [-0.4, -0.2) is 28.5 Å². The monoisotopic (exact) mass is 493 g/mol. The normalized spacial score (nSPS) is 15.8. The number of hydrogen-bond acceptors (Lipinski definition) is 6. The molecule has 1 aromatic heterocycles. The summed E-state index contributed by atoms with van der Waals surface area (Å²) in [4.78, 5) is 42.4. The summed E-state index contributed by atoms with van der Waals surface area (Å²) in [6, 6.07) is 7.89. The number of benzene rings is 1. The van der Waals surface area contributed by atoms with Crippen molar-refractivity contribution in [2.24, 2.45) is 11.8 Å². The zero-order valence-electron chi connectivity index (χ0n) is 20.8. The Morgan fingerprint density at radius 1 is 1.26 bits per heavy atom. The standard InChI is InChI=1S/C28H35N3O3S/c1-4-20-10-11-24-26(15-20)35-27(30-24)16-22(14-19(3)32)28(34)31-23(21-8-6-5-7-9-21)12-13-25(33)18(2)17-29/h10-11,15,21-23H,2,4-9,12-14,16H2,1,3H3,(H,31,34)/t22-,23+/m0/s1. The maximum Gasteiger partial charge on any atom is 0.224 e. The Bertz CT molecular complexity index is 1120. The summed E-state index contributed by atoms with van der Waals surface area (Å²) >= 11 is 1.58. The van der Waals surface area contributed by atoms with E-state index in [0.29, 0.717) is 18.8 Å². The van der Waals surface area contributed by atoms with Crippen molar-refractivity contribution in [3.8, 4) is 6.07 Å². The van der Waals surface area contributed by atoms with Crippen LogP contribution in [0.5, 0.6) is 0 Å². The quantitative estimate of drug-likeness (QED) is 0.311. The van der Waals surface area contributed by atoms with Gasteiger partial charge in [-0.05, 0) is 56.2 Å². The third-order valence-electron chi connectivity index (χ3n) is 6.93. The number of carbonyl (C=O) groups excluding carboxylic acids is 3. The molecule has 1 heterocycles. The van der Waals surface area contributed by atoms with E-state index in [9.17, 15) is 14.4 Å². The van der Waals surface area contributed by atoms with Crippen molar-refractivity contribution in [1.82, 2.24) is 10.3 Å². The van der Waals surface area contributed by atoms with Crippen LogP contribution in [0, 0.1) is 23.2 Å². The molecule has 2 atom stereocenters. The molecule has 186 valence electrons. The second-order valence-electron chi connectivity index (χ2n) is 9.64. The fraction of sp³-hybridized carbons (Fsp3) is 0.536. The molecule has 0 spiro atoms. The number of nitrogens with one attached hydrogen (secondary N) is 1. The Kier molecular flexibility index (Phi) is 9.73. The van der Waals surface area contributed by atoms with Crippen molar-refractivity contribution in [1.29, 1.82) is 5.26 Å². The topological polar surface area (TPSA) is 99.9 Å². The van der Waals surface area contributed by atoms with Gasteiger partial charge in [-0.15, -0.1) is 11.3 Å². The Morgan fingerprint density at radius 2 is 2.00 bits per heavy atom. The van der Waals surface area contributed by atoms with Gasteiger partial charge in [-0.3, -0.25) is 9.59 Å². The average molecular weight is 494 g/mol. The first-order chi connectivity index (χ1) is 16.8. The van der Waals surface area contributed by atoms with Crippen LogP contribution in [0.4, 0.5) is 0 Å². The molecule has 1 aromatic carbocycles. The molecule has 1 N–H and O–H groups in total. The lowest BCUT2D eigenvalue weighted by molar-refractivity contribution is -0.130. The summed E-state index contributed by atoms with van der Waals surface area (Å²) in [7, 11) is 0. The van der Waals surface area contributed by atoms with E-state index in [1.54, 1.807) is 11.3 Å². The van der Waals surface area contributed by atoms with Crippen molar-refractivity contribution in [2.75, 3.05) is 0 Å². The fourth-order valence-electron chi connectivity index (χ4n) is 4.90. The summed E-state index contributed by atoms with van der Waals surface area (Å²) < 4.78 is 1.10. The molecule has 1 fully saturated rings. The molecule has 2 aromatic rings. The van der Waals surface area contributed by atoms with Crippen LogP contribution < -0.4 is 5.32 Å². The largest absolute Gasteiger partial charge is 0.353 e. The number of amides is 1. The number of aromatic nitrogens is 1. The van der Waals surface area contributed by atoms with Gasteiger partial charge in [0.2, 0.25) is 5.91 Å². The summed E-state index contributed by atoms with van der Waals surface area (Å²) in [6.45, 7) is 7.14. The van der Waals surface area contributed by atoms with Crippen molar-refractivity contribution < 1.29 is 14.4 Å². The zero-order valence-corrected chi connectivity index (χ0v) is 21.6. The Balaban J connectivity index is 1.75. The molecular weight excluding hydrogens is 458 g/mol. The number of thiazole rings is 1. The van der Waals surface area contributed by atoms with Crippen molar-refractivity contribution in [2.45, 2.75) is 84.1 Å². The maximum absolute atomic E-state index is 13.4. The third kappa shape index (κ3) is 7.57. The molecule has 1 saturated carbocycles. The van der Waals surface area contributed by atoms with Gasteiger partial charge in [-0.1, -0.05) is 38.8 Å². The number of rotatable bonds is 12. The molecule has 1 aliphatic carbocycles. The lowest BCUT2D eigenvalue weighted by Gasteiger charge is -2.32. The summed E-state index contributed by atoms with van der Waals surface area (Å²) in [6.07, 6.45) is 7.60. The number of allylic oxidation sites excluding steroid dienone is 1. The number of hydrogen-bond donors (Lipinski definition) is 1. The van der Waals surface area contributed by atoms with Gasteiger partial charge < -0.3 is 10.1 Å². The van der Waals surface area contributed by atoms with E-state index in [2.05, 4.69) is 31.0 Å². The summed E-state index contributed by atoms with van der Waals surface area (Å²) in [5.74, 6) is -0.674. The van der Waals surface area contributed by atoms with Gasteiger partial charge in [0.15, 0.2) is 5.78 Å². The molecule has 1 amide bonds. The number of Topliss-reactive ketones (excluding diaryl/α,β-unsaturated/α-hetero) is 2. The van der Waals surface area contributed by atoms with E-state index in [0.717, 1.165) is 47.3 Å². The molecule has 0 bridgehead atoms. The lowest BCUT2D eigenvalue weighted by atomic mass is 9.81. The molecule has 6 nitrogen and oxygen atoms in total.